The number of hydrogen-bond donors (Lipinski definition) is 1. The van der Waals surface area contributed by atoms with Gasteiger partial charge in [0.1, 0.15) is 5.01 Å². The maximum Gasteiger partial charge on any atom is 0.195 e. The lowest BCUT2D eigenvalue weighted by Crippen LogP contribution is -2.10. The second kappa shape index (κ2) is 5.38. The number of hydrogen-bond acceptors (Lipinski definition) is 5. The van der Waals surface area contributed by atoms with E-state index in [1.807, 2.05) is 4.57 Å². The van der Waals surface area contributed by atoms with Crippen LogP contribution in [0.5, 0.6) is 0 Å². The first-order chi connectivity index (χ1) is 9.60. The van der Waals surface area contributed by atoms with Gasteiger partial charge in [-0.1, -0.05) is 0 Å². The van der Waals surface area contributed by atoms with Crippen LogP contribution in [0.3, 0.4) is 0 Å². The molecule has 0 unspecified atom stereocenters. The molecule has 0 atom stereocenters. The highest BCUT2D eigenvalue weighted by atomic mass is 32.1. The fourth-order valence-electron chi connectivity index (χ4n) is 2.29. The van der Waals surface area contributed by atoms with E-state index in [9.17, 15) is 0 Å². The summed E-state index contributed by atoms with van der Waals surface area (Å²) >= 11 is 7.04. The van der Waals surface area contributed by atoms with E-state index in [0.29, 0.717) is 10.7 Å². The summed E-state index contributed by atoms with van der Waals surface area (Å²) in [6.45, 7) is 3.80. The average molecular weight is 309 g/mol. The van der Waals surface area contributed by atoms with E-state index in [2.05, 4.69) is 36.1 Å². The zero-order valence-electron chi connectivity index (χ0n) is 12.0. The van der Waals surface area contributed by atoms with Crippen LogP contribution in [0.2, 0.25) is 0 Å². The summed E-state index contributed by atoms with van der Waals surface area (Å²) in [6, 6.07) is 0. The summed E-state index contributed by atoms with van der Waals surface area (Å²) in [4.78, 5) is 8.19. The minimum absolute atomic E-state index is 0.618. The number of nitrogens with zero attached hydrogens (tertiary/aromatic N) is 4. The summed E-state index contributed by atoms with van der Waals surface area (Å²) in [7, 11) is 4.14. The van der Waals surface area contributed by atoms with Crippen molar-refractivity contribution >= 4 is 23.6 Å². The van der Waals surface area contributed by atoms with Gasteiger partial charge in [-0.2, -0.15) is 5.10 Å². The summed E-state index contributed by atoms with van der Waals surface area (Å²) < 4.78 is 2.74. The van der Waals surface area contributed by atoms with E-state index in [-0.39, 0.29) is 0 Å². The van der Waals surface area contributed by atoms with Crippen LogP contribution >= 0.6 is 23.6 Å². The van der Waals surface area contributed by atoms with E-state index in [0.717, 1.165) is 23.9 Å². The maximum atomic E-state index is 5.29. The third-order valence-corrected chi connectivity index (χ3v) is 4.75. The van der Waals surface area contributed by atoms with Crippen molar-refractivity contribution in [1.29, 1.82) is 0 Å². The van der Waals surface area contributed by atoms with Gasteiger partial charge in [-0.3, -0.25) is 9.67 Å². The van der Waals surface area contributed by atoms with E-state index in [1.165, 1.54) is 23.4 Å². The van der Waals surface area contributed by atoms with Crippen LogP contribution in [0.25, 0.3) is 10.7 Å². The van der Waals surface area contributed by atoms with Gasteiger partial charge in [-0.25, -0.2) is 4.98 Å². The van der Waals surface area contributed by atoms with Crippen molar-refractivity contribution in [2.45, 2.75) is 38.8 Å². The fourth-order valence-corrected chi connectivity index (χ4v) is 3.82. The molecular formula is C13H19N5S2. The van der Waals surface area contributed by atoms with Crippen molar-refractivity contribution in [3.05, 3.63) is 15.5 Å². The predicted octanol–water partition coefficient (Wildman–Crippen LogP) is 3.02. The van der Waals surface area contributed by atoms with Gasteiger partial charge >= 0.3 is 0 Å². The Balaban J connectivity index is 2.06. The van der Waals surface area contributed by atoms with E-state index < -0.39 is 0 Å². The molecule has 2 aromatic heterocycles. The molecule has 7 heteroatoms. The van der Waals surface area contributed by atoms with Crippen molar-refractivity contribution in [2.75, 3.05) is 14.1 Å². The standard InChI is InChI=1S/C13H19N5S2/c1-4-18-12(15-16-13(18)19)11-10(8-5-6-8)14-9(20-11)7-17(2)3/h8H,4-7H2,1-3H3,(H,16,19). The molecule has 5 nitrogen and oxygen atoms in total. The van der Waals surface area contributed by atoms with Crippen LogP contribution in [-0.4, -0.2) is 38.7 Å². The molecule has 0 saturated heterocycles. The molecule has 2 aromatic rings. The number of aromatic nitrogens is 4. The molecule has 0 radical (unpaired) electrons. The molecule has 1 N–H and O–H groups in total. The van der Waals surface area contributed by atoms with Crippen molar-refractivity contribution in [1.82, 2.24) is 24.6 Å². The highest BCUT2D eigenvalue weighted by molar-refractivity contribution is 7.71. The fraction of sp³-hybridized carbons (Fsp3) is 0.615. The number of aromatic amines is 1. The Kier molecular flexibility index (Phi) is 3.74. The molecule has 3 rings (SSSR count). The smallest absolute Gasteiger partial charge is 0.195 e. The summed E-state index contributed by atoms with van der Waals surface area (Å²) in [5.74, 6) is 1.56. The maximum absolute atomic E-state index is 5.29. The van der Waals surface area contributed by atoms with Gasteiger partial charge in [0.2, 0.25) is 0 Å². The van der Waals surface area contributed by atoms with Crippen molar-refractivity contribution in [3.63, 3.8) is 0 Å². The summed E-state index contributed by atoms with van der Waals surface area (Å²) in [5.41, 5.74) is 1.22. The van der Waals surface area contributed by atoms with Crippen LogP contribution in [0.15, 0.2) is 0 Å². The molecule has 1 aliphatic rings. The predicted molar refractivity (Wildman–Crippen MR) is 83.6 cm³/mol. The van der Waals surface area contributed by atoms with E-state index >= 15 is 0 Å². The van der Waals surface area contributed by atoms with E-state index in [1.54, 1.807) is 11.3 Å². The van der Waals surface area contributed by atoms with Crippen LogP contribution in [-0.2, 0) is 13.1 Å². The highest BCUT2D eigenvalue weighted by Gasteiger charge is 2.31. The molecule has 0 spiro atoms. The second-order valence-corrected chi connectivity index (χ2v) is 6.90. The molecule has 0 bridgehead atoms. The average Bonchev–Trinajstić information content (AvgIpc) is 3.05. The lowest BCUT2D eigenvalue weighted by Gasteiger charge is -2.04. The molecule has 2 heterocycles. The quantitative estimate of drug-likeness (QED) is 0.863. The molecule has 20 heavy (non-hydrogen) atoms. The Morgan fingerprint density at radius 1 is 1.45 bits per heavy atom. The SMILES string of the molecule is CCn1c(-c2sc(CN(C)C)nc2C2CC2)n[nH]c1=S. The van der Waals surface area contributed by atoms with Gasteiger partial charge in [-0.05, 0) is 46.1 Å². The van der Waals surface area contributed by atoms with Gasteiger partial charge in [0.25, 0.3) is 0 Å². The number of rotatable bonds is 5. The van der Waals surface area contributed by atoms with Crippen LogP contribution in [0.1, 0.15) is 36.4 Å². The largest absolute Gasteiger partial charge is 0.303 e. The van der Waals surface area contributed by atoms with Crippen molar-refractivity contribution in [2.24, 2.45) is 0 Å². The minimum Gasteiger partial charge on any atom is -0.303 e. The van der Waals surface area contributed by atoms with Gasteiger partial charge < -0.3 is 4.90 Å². The van der Waals surface area contributed by atoms with Crippen molar-refractivity contribution < 1.29 is 0 Å². The molecule has 1 saturated carbocycles. The third kappa shape index (κ3) is 2.57. The van der Waals surface area contributed by atoms with Gasteiger partial charge in [0.05, 0.1) is 10.6 Å². The highest BCUT2D eigenvalue weighted by Crippen LogP contribution is 2.45. The topological polar surface area (TPSA) is 49.7 Å². The monoisotopic (exact) mass is 309 g/mol. The number of nitrogens with one attached hydrogen (secondary N) is 1. The molecule has 0 aromatic carbocycles. The Morgan fingerprint density at radius 2 is 2.20 bits per heavy atom. The Morgan fingerprint density at radius 3 is 2.80 bits per heavy atom. The lowest BCUT2D eigenvalue weighted by atomic mass is 10.2. The van der Waals surface area contributed by atoms with E-state index in [4.69, 9.17) is 17.2 Å². The Hall–Kier alpha value is -1.05. The van der Waals surface area contributed by atoms with Crippen LogP contribution < -0.4 is 0 Å². The third-order valence-electron chi connectivity index (χ3n) is 3.39. The van der Waals surface area contributed by atoms with Crippen molar-refractivity contribution in [3.8, 4) is 10.7 Å². The Bertz CT molecular complexity index is 663. The zero-order chi connectivity index (χ0) is 14.3. The van der Waals surface area contributed by atoms with Gasteiger partial charge in [0, 0.05) is 19.0 Å². The molecule has 108 valence electrons. The lowest BCUT2D eigenvalue weighted by molar-refractivity contribution is 0.401. The zero-order valence-corrected chi connectivity index (χ0v) is 13.6. The molecule has 0 amide bonds. The molecule has 1 fully saturated rings. The first-order valence-electron chi connectivity index (χ1n) is 6.90. The summed E-state index contributed by atoms with van der Waals surface area (Å²) in [6.07, 6.45) is 2.49. The van der Waals surface area contributed by atoms with Gasteiger partial charge in [0.15, 0.2) is 10.6 Å². The summed E-state index contributed by atoms with van der Waals surface area (Å²) in [5, 5.41) is 8.49. The molecular weight excluding hydrogens is 290 g/mol. The van der Waals surface area contributed by atoms with Gasteiger partial charge in [-0.15, -0.1) is 11.3 Å². The number of H-pyrrole nitrogens is 1. The number of thiazole rings is 1. The Labute approximate surface area is 127 Å². The molecule has 1 aliphatic carbocycles. The van der Waals surface area contributed by atoms with Crippen LogP contribution in [0.4, 0.5) is 0 Å². The minimum atomic E-state index is 0.618. The normalized spacial score (nSPS) is 15.2. The second-order valence-electron chi connectivity index (χ2n) is 5.43. The molecule has 0 aliphatic heterocycles. The first-order valence-corrected chi connectivity index (χ1v) is 8.12. The van der Waals surface area contributed by atoms with Crippen LogP contribution in [0, 0.1) is 4.77 Å². The first kappa shape index (κ1) is 13.9.